The first kappa shape index (κ1) is 8.99. The predicted octanol–water partition coefficient (Wildman–Crippen LogP) is -1.04. The number of amides is 1. The number of carboxylic acids is 1. The lowest BCUT2D eigenvalue weighted by Gasteiger charge is -2.30. The molecule has 1 amide bonds. The topological polar surface area (TPSA) is 86.6 Å². The van der Waals surface area contributed by atoms with E-state index in [4.69, 9.17) is 10.2 Å². The summed E-state index contributed by atoms with van der Waals surface area (Å²) in [6.45, 7) is -0.151. The van der Waals surface area contributed by atoms with E-state index in [1.165, 1.54) is 0 Å². The smallest absolute Gasteiger partial charge is 0.312 e. The van der Waals surface area contributed by atoms with E-state index in [9.17, 15) is 9.59 Å². The summed E-state index contributed by atoms with van der Waals surface area (Å²) in [6, 6.07) is 0. The molecular weight excluding hydrogens is 162 g/mol. The fourth-order valence-corrected chi connectivity index (χ4v) is 1.28. The van der Waals surface area contributed by atoms with Crippen LogP contribution in [0.15, 0.2) is 0 Å². The highest BCUT2D eigenvalue weighted by atomic mass is 16.4. The lowest BCUT2D eigenvalue weighted by molar-refractivity contribution is -0.157. The molecule has 3 N–H and O–H groups in total. The number of aliphatic hydroxyl groups is 1. The van der Waals surface area contributed by atoms with Crippen molar-refractivity contribution in [2.45, 2.75) is 12.8 Å². The highest BCUT2D eigenvalue weighted by Gasteiger charge is 2.42. The number of piperidine rings is 1. The largest absolute Gasteiger partial charge is 0.481 e. The van der Waals surface area contributed by atoms with Gasteiger partial charge in [0.1, 0.15) is 5.41 Å². The van der Waals surface area contributed by atoms with E-state index in [2.05, 4.69) is 5.32 Å². The summed E-state index contributed by atoms with van der Waals surface area (Å²) in [4.78, 5) is 21.6. The Morgan fingerprint density at radius 1 is 1.67 bits per heavy atom. The third kappa shape index (κ3) is 1.40. The van der Waals surface area contributed by atoms with Gasteiger partial charge in [-0.15, -0.1) is 0 Å². The maximum absolute atomic E-state index is 10.9. The van der Waals surface area contributed by atoms with Gasteiger partial charge in [-0.1, -0.05) is 0 Å². The normalized spacial score (nSPS) is 29.6. The lowest BCUT2D eigenvalue weighted by atomic mass is 9.79. The van der Waals surface area contributed by atoms with E-state index in [1.54, 1.807) is 0 Å². The van der Waals surface area contributed by atoms with Gasteiger partial charge < -0.3 is 15.5 Å². The molecule has 1 fully saturated rings. The monoisotopic (exact) mass is 173 g/mol. The molecule has 1 heterocycles. The fraction of sp³-hybridized carbons (Fsp3) is 0.714. The van der Waals surface area contributed by atoms with Crippen molar-refractivity contribution in [1.29, 1.82) is 0 Å². The van der Waals surface area contributed by atoms with Crippen LogP contribution < -0.4 is 5.32 Å². The second-order valence-electron chi connectivity index (χ2n) is 3.02. The number of hydrogen-bond donors (Lipinski definition) is 3. The first-order valence-electron chi connectivity index (χ1n) is 3.72. The third-order valence-electron chi connectivity index (χ3n) is 2.18. The molecule has 0 radical (unpaired) electrons. The van der Waals surface area contributed by atoms with Crippen LogP contribution in [-0.4, -0.2) is 35.2 Å². The summed E-state index contributed by atoms with van der Waals surface area (Å²) < 4.78 is 0. The number of rotatable bonds is 2. The van der Waals surface area contributed by atoms with E-state index < -0.39 is 18.0 Å². The first-order chi connectivity index (χ1) is 5.60. The Morgan fingerprint density at radius 3 is 2.67 bits per heavy atom. The molecule has 0 aromatic rings. The van der Waals surface area contributed by atoms with Gasteiger partial charge in [-0.25, -0.2) is 0 Å². The zero-order valence-electron chi connectivity index (χ0n) is 6.54. The molecule has 1 rings (SSSR count). The van der Waals surface area contributed by atoms with Crippen molar-refractivity contribution in [3.63, 3.8) is 0 Å². The van der Waals surface area contributed by atoms with Crippen molar-refractivity contribution in [2.24, 2.45) is 5.41 Å². The van der Waals surface area contributed by atoms with Gasteiger partial charge in [0.05, 0.1) is 6.61 Å². The van der Waals surface area contributed by atoms with Gasteiger partial charge in [-0.2, -0.15) is 0 Å². The fourth-order valence-electron chi connectivity index (χ4n) is 1.28. The minimum absolute atomic E-state index is 0.126. The van der Waals surface area contributed by atoms with E-state index >= 15 is 0 Å². The summed E-state index contributed by atoms with van der Waals surface area (Å²) in [5, 5.41) is 20.1. The van der Waals surface area contributed by atoms with Crippen LogP contribution in [0.2, 0.25) is 0 Å². The van der Waals surface area contributed by atoms with Crippen LogP contribution in [-0.2, 0) is 9.59 Å². The molecule has 0 bridgehead atoms. The van der Waals surface area contributed by atoms with Crippen LogP contribution in [0, 0.1) is 5.41 Å². The zero-order chi connectivity index (χ0) is 9.19. The molecule has 1 atom stereocenters. The number of carboxylic acid groups (broad SMARTS) is 1. The Kier molecular flexibility index (Phi) is 2.32. The number of nitrogens with one attached hydrogen (secondary N) is 1. The Labute approximate surface area is 69.4 Å². The summed E-state index contributed by atoms with van der Waals surface area (Å²) >= 11 is 0. The molecule has 1 aliphatic rings. The van der Waals surface area contributed by atoms with Gasteiger partial charge in [0.25, 0.3) is 0 Å². The van der Waals surface area contributed by atoms with Crippen molar-refractivity contribution in [2.75, 3.05) is 13.2 Å². The third-order valence-corrected chi connectivity index (χ3v) is 2.18. The van der Waals surface area contributed by atoms with E-state index in [1.807, 2.05) is 0 Å². The number of aliphatic hydroxyl groups excluding tert-OH is 1. The van der Waals surface area contributed by atoms with E-state index in [0.717, 1.165) is 0 Å². The highest BCUT2D eigenvalue weighted by Crippen LogP contribution is 2.28. The second-order valence-corrected chi connectivity index (χ2v) is 3.02. The number of carbonyl (C=O) groups excluding carboxylic acids is 1. The van der Waals surface area contributed by atoms with Gasteiger partial charge >= 0.3 is 5.97 Å². The van der Waals surface area contributed by atoms with Crippen molar-refractivity contribution in [3.8, 4) is 0 Å². The van der Waals surface area contributed by atoms with Crippen LogP contribution in [0.1, 0.15) is 12.8 Å². The van der Waals surface area contributed by atoms with Crippen molar-refractivity contribution in [3.05, 3.63) is 0 Å². The Bertz CT molecular complexity index is 215. The van der Waals surface area contributed by atoms with Gasteiger partial charge in [0, 0.05) is 13.0 Å². The summed E-state index contributed by atoms with van der Waals surface area (Å²) in [6.07, 6.45) is 0.170. The SMILES string of the molecule is O=C1CC(CO)(C(=O)O)CCN1. The summed E-state index contributed by atoms with van der Waals surface area (Å²) in [7, 11) is 0. The molecule has 5 nitrogen and oxygen atoms in total. The van der Waals surface area contributed by atoms with Crippen LogP contribution in [0.25, 0.3) is 0 Å². The molecule has 1 saturated heterocycles. The van der Waals surface area contributed by atoms with Gasteiger partial charge in [-0.3, -0.25) is 9.59 Å². The molecule has 1 unspecified atom stereocenters. The van der Waals surface area contributed by atoms with E-state index in [-0.39, 0.29) is 12.3 Å². The standard InChI is InChI=1S/C7H11NO4/c9-4-7(6(11)12)1-2-8-5(10)3-7/h9H,1-4H2,(H,8,10)(H,11,12). The molecule has 0 aromatic heterocycles. The lowest BCUT2D eigenvalue weighted by Crippen LogP contribution is -2.47. The van der Waals surface area contributed by atoms with Gasteiger partial charge in [-0.05, 0) is 6.42 Å². The van der Waals surface area contributed by atoms with Crippen molar-refractivity contribution in [1.82, 2.24) is 5.32 Å². The molecule has 12 heavy (non-hydrogen) atoms. The summed E-state index contributed by atoms with van der Waals surface area (Å²) in [5.41, 5.74) is -1.25. The summed E-state index contributed by atoms with van der Waals surface area (Å²) in [5.74, 6) is -1.41. The second kappa shape index (κ2) is 3.10. The number of carbonyl (C=O) groups is 2. The van der Waals surface area contributed by atoms with Gasteiger partial charge in [0.2, 0.25) is 5.91 Å². The molecule has 0 aliphatic carbocycles. The minimum Gasteiger partial charge on any atom is -0.481 e. The average molecular weight is 173 g/mol. The van der Waals surface area contributed by atoms with Crippen LogP contribution in [0.3, 0.4) is 0 Å². The van der Waals surface area contributed by atoms with Crippen LogP contribution >= 0.6 is 0 Å². The minimum atomic E-state index is -1.25. The average Bonchev–Trinajstić information content (AvgIpc) is 2.04. The maximum atomic E-state index is 10.9. The molecular formula is C7H11NO4. The Hall–Kier alpha value is -1.10. The van der Waals surface area contributed by atoms with Crippen LogP contribution in [0.5, 0.6) is 0 Å². The molecule has 0 saturated carbocycles. The quantitative estimate of drug-likeness (QED) is 0.497. The first-order valence-corrected chi connectivity index (χ1v) is 3.72. The van der Waals surface area contributed by atoms with Crippen molar-refractivity contribution >= 4 is 11.9 Å². The highest BCUT2D eigenvalue weighted by molar-refractivity contribution is 5.86. The Morgan fingerprint density at radius 2 is 2.33 bits per heavy atom. The molecule has 0 aromatic carbocycles. The van der Waals surface area contributed by atoms with Crippen LogP contribution in [0.4, 0.5) is 0 Å². The predicted molar refractivity (Wildman–Crippen MR) is 39.4 cm³/mol. The number of aliphatic carboxylic acids is 1. The molecule has 1 aliphatic heterocycles. The molecule has 0 spiro atoms. The zero-order valence-corrected chi connectivity index (χ0v) is 6.54. The van der Waals surface area contributed by atoms with Crippen molar-refractivity contribution < 1.29 is 19.8 Å². The number of hydrogen-bond acceptors (Lipinski definition) is 3. The molecule has 68 valence electrons. The van der Waals surface area contributed by atoms with E-state index in [0.29, 0.717) is 13.0 Å². The Balaban J connectivity index is 2.78. The maximum Gasteiger partial charge on any atom is 0.312 e. The molecule has 5 heteroatoms. The van der Waals surface area contributed by atoms with Gasteiger partial charge in [0.15, 0.2) is 0 Å².